The van der Waals surface area contributed by atoms with Gasteiger partial charge in [-0.25, -0.2) is 4.98 Å². The van der Waals surface area contributed by atoms with Gasteiger partial charge >= 0.3 is 0 Å². The summed E-state index contributed by atoms with van der Waals surface area (Å²) in [5, 5.41) is 6.62. The predicted octanol–water partition coefficient (Wildman–Crippen LogP) is 3.79. The van der Waals surface area contributed by atoms with Crippen molar-refractivity contribution in [3.63, 3.8) is 0 Å². The van der Waals surface area contributed by atoms with Crippen molar-refractivity contribution in [2.45, 2.75) is 12.8 Å². The first-order valence-corrected chi connectivity index (χ1v) is 8.82. The van der Waals surface area contributed by atoms with E-state index >= 15 is 0 Å². The van der Waals surface area contributed by atoms with E-state index < -0.39 is 0 Å². The number of para-hydroxylation sites is 1. The normalized spacial score (nSPS) is 10.3. The zero-order chi connectivity index (χ0) is 18.0. The highest BCUT2D eigenvalue weighted by Crippen LogP contribution is 2.17. The van der Waals surface area contributed by atoms with Crippen molar-refractivity contribution in [3.05, 3.63) is 78.0 Å². The van der Waals surface area contributed by atoms with Crippen LogP contribution >= 0.6 is 0 Å². The summed E-state index contributed by atoms with van der Waals surface area (Å²) < 4.78 is 5.38. The number of ether oxygens (including phenoxy) is 1. The number of nitrogens with zero attached hydrogens (tertiary/aromatic N) is 2. The maximum Gasteiger partial charge on any atom is 0.224 e. The third-order valence-corrected chi connectivity index (χ3v) is 4.09. The Morgan fingerprint density at radius 2 is 1.62 bits per heavy atom. The molecule has 0 atom stereocenters. The molecule has 0 spiro atoms. The van der Waals surface area contributed by atoms with Crippen LogP contribution in [0.25, 0.3) is 0 Å². The highest BCUT2D eigenvalue weighted by atomic mass is 16.5. The van der Waals surface area contributed by atoms with Crippen molar-refractivity contribution in [2.24, 2.45) is 0 Å². The number of nitrogens with one attached hydrogen (secondary N) is 2. The number of hydrogen-bond donors (Lipinski definition) is 2. The average molecular weight is 348 g/mol. The van der Waals surface area contributed by atoms with Crippen molar-refractivity contribution in [3.8, 4) is 5.75 Å². The topological polar surface area (TPSA) is 59.1 Å². The molecule has 0 aliphatic heterocycles. The van der Waals surface area contributed by atoms with Gasteiger partial charge in [-0.05, 0) is 36.1 Å². The second-order valence-corrected chi connectivity index (χ2v) is 5.92. The molecule has 2 N–H and O–H groups in total. The van der Waals surface area contributed by atoms with Crippen LogP contribution in [-0.4, -0.2) is 30.2 Å². The van der Waals surface area contributed by atoms with Gasteiger partial charge in [0, 0.05) is 19.3 Å². The van der Waals surface area contributed by atoms with Crippen LogP contribution in [0.2, 0.25) is 0 Å². The lowest BCUT2D eigenvalue weighted by molar-refractivity contribution is 0.410. The second-order valence-electron chi connectivity index (χ2n) is 5.92. The summed E-state index contributed by atoms with van der Waals surface area (Å²) in [5.41, 5.74) is 2.48. The van der Waals surface area contributed by atoms with E-state index in [9.17, 15) is 0 Å². The smallest absolute Gasteiger partial charge is 0.224 e. The van der Waals surface area contributed by atoms with Gasteiger partial charge in [0.2, 0.25) is 5.95 Å². The maximum atomic E-state index is 5.38. The van der Waals surface area contributed by atoms with Crippen molar-refractivity contribution < 1.29 is 4.74 Å². The molecule has 0 saturated heterocycles. The van der Waals surface area contributed by atoms with Gasteiger partial charge in [0.1, 0.15) is 11.6 Å². The molecule has 0 unspecified atom stereocenters. The lowest BCUT2D eigenvalue weighted by atomic mass is 10.1. The molecule has 5 heteroatoms. The zero-order valence-electron chi connectivity index (χ0n) is 15.0. The van der Waals surface area contributed by atoms with Crippen molar-refractivity contribution in [1.29, 1.82) is 0 Å². The zero-order valence-corrected chi connectivity index (χ0v) is 15.0. The third kappa shape index (κ3) is 5.21. The van der Waals surface area contributed by atoms with Crippen LogP contribution < -0.4 is 15.4 Å². The minimum absolute atomic E-state index is 0.629. The van der Waals surface area contributed by atoms with Gasteiger partial charge in [-0.2, -0.15) is 4.98 Å². The van der Waals surface area contributed by atoms with Crippen molar-refractivity contribution in [2.75, 3.05) is 30.8 Å². The van der Waals surface area contributed by atoms with Gasteiger partial charge in [0.25, 0.3) is 0 Å². The highest BCUT2D eigenvalue weighted by Gasteiger charge is 2.03. The number of aromatic nitrogens is 2. The highest BCUT2D eigenvalue weighted by molar-refractivity contribution is 5.40. The monoisotopic (exact) mass is 348 g/mol. The molecule has 0 aliphatic rings. The van der Waals surface area contributed by atoms with E-state index in [0.29, 0.717) is 5.95 Å². The first kappa shape index (κ1) is 17.7. The van der Waals surface area contributed by atoms with Crippen LogP contribution in [-0.2, 0) is 12.8 Å². The Balaban J connectivity index is 1.48. The fraction of sp³-hybridized carbons (Fsp3) is 0.238. The molecular formula is C21H24N4O. The van der Waals surface area contributed by atoms with Gasteiger partial charge in [-0.3, -0.25) is 0 Å². The first-order chi connectivity index (χ1) is 12.8. The Morgan fingerprint density at radius 1 is 0.846 bits per heavy atom. The largest absolute Gasteiger partial charge is 0.496 e. The van der Waals surface area contributed by atoms with E-state index in [1.165, 1.54) is 11.1 Å². The summed E-state index contributed by atoms with van der Waals surface area (Å²) in [7, 11) is 1.69. The Kier molecular flexibility index (Phi) is 6.42. The molecule has 3 aromatic rings. The fourth-order valence-corrected chi connectivity index (χ4v) is 2.74. The van der Waals surface area contributed by atoms with Crippen LogP contribution in [0.5, 0.6) is 5.75 Å². The van der Waals surface area contributed by atoms with Crippen LogP contribution in [0.3, 0.4) is 0 Å². The van der Waals surface area contributed by atoms with Gasteiger partial charge in [0.05, 0.1) is 7.11 Å². The SMILES string of the molecule is COc1ccccc1CCNc1nccc(NCCc2ccccc2)n1. The molecule has 0 radical (unpaired) electrons. The molecule has 1 aromatic heterocycles. The van der Waals surface area contributed by atoms with Crippen LogP contribution in [0.15, 0.2) is 66.9 Å². The number of anilines is 2. The molecule has 0 bridgehead atoms. The number of rotatable bonds is 9. The summed E-state index contributed by atoms with van der Waals surface area (Å²) in [6.07, 6.45) is 3.57. The molecule has 26 heavy (non-hydrogen) atoms. The van der Waals surface area contributed by atoms with E-state index in [1.54, 1.807) is 13.3 Å². The Labute approximate surface area is 154 Å². The molecule has 5 nitrogen and oxygen atoms in total. The average Bonchev–Trinajstić information content (AvgIpc) is 2.69. The molecule has 0 saturated carbocycles. The van der Waals surface area contributed by atoms with Crippen LogP contribution in [0.4, 0.5) is 11.8 Å². The molecule has 0 aliphatic carbocycles. The predicted molar refractivity (Wildman–Crippen MR) is 106 cm³/mol. The lowest BCUT2D eigenvalue weighted by Gasteiger charge is -2.10. The molecule has 2 aromatic carbocycles. The number of benzene rings is 2. The van der Waals surface area contributed by atoms with E-state index in [1.807, 2.05) is 30.3 Å². The Morgan fingerprint density at radius 3 is 2.46 bits per heavy atom. The van der Waals surface area contributed by atoms with E-state index in [-0.39, 0.29) is 0 Å². The molecular weight excluding hydrogens is 324 g/mol. The van der Waals surface area contributed by atoms with Crippen LogP contribution in [0.1, 0.15) is 11.1 Å². The quantitative estimate of drug-likeness (QED) is 0.616. The summed E-state index contributed by atoms with van der Waals surface area (Å²) in [4.78, 5) is 8.80. The number of hydrogen-bond acceptors (Lipinski definition) is 5. The summed E-state index contributed by atoms with van der Waals surface area (Å²) in [5.74, 6) is 2.37. The van der Waals surface area contributed by atoms with E-state index in [0.717, 1.165) is 37.5 Å². The van der Waals surface area contributed by atoms with Crippen molar-refractivity contribution >= 4 is 11.8 Å². The van der Waals surface area contributed by atoms with E-state index in [4.69, 9.17) is 4.74 Å². The second kappa shape index (κ2) is 9.42. The van der Waals surface area contributed by atoms with Crippen LogP contribution in [0, 0.1) is 0 Å². The molecule has 0 fully saturated rings. The summed E-state index contributed by atoms with van der Waals surface area (Å²) >= 11 is 0. The maximum absolute atomic E-state index is 5.38. The van der Waals surface area contributed by atoms with Crippen molar-refractivity contribution in [1.82, 2.24) is 9.97 Å². The van der Waals surface area contributed by atoms with Gasteiger partial charge in [-0.1, -0.05) is 48.5 Å². The Hall–Kier alpha value is -3.08. The fourth-order valence-electron chi connectivity index (χ4n) is 2.74. The molecule has 0 amide bonds. The Bertz CT molecular complexity index is 808. The van der Waals surface area contributed by atoms with Gasteiger partial charge in [0.15, 0.2) is 0 Å². The molecule has 134 valence electrons. The minimum atomic E-state index is 0.629. The third-order valence-electron chi connectivity index (χ3n) is 4.09. The van der Waals surface area contributed by atoms with Gasteiger partial charge in [-0.15, -0.1) is 0 Å². The molecule has 3 rings (SSSR count). The summed E-state index contributed by atoms with van der Waals surface area (Å²) in [6, 6.07) is 20.3. The minimum Gasteiger partial charge on any atom is -0.496 e. The van der Waals surface area contributed by atoms with E-state index in [2.05, 4.69) is 50.9 Å². The summed E-state index contributed by atoms with van der Waals surface area (Å²) in [6.45, 7) is 1.58. The first-order valence-electron chi connectivity index (χ1n) is 8.82. The standard InChI is InChI=1S/C21H24N4O/c1-26-19-10-6-5-9-18(19)12-15-23-21-24-16-13-20(25-21)22-14-11-17-7-3-2-4-8-17/h2-10,13,16H,11-12,14-15H2,1H3,(H2,22,23,24,25). The molecule has 1 heterocycles. The van der Waals surface area contributed by atoms with Gasteiger partial charge < -0.3 is 15.4 Å². The number of methoxy groups -OCH3 is 1. The lowest BCUT2D eigenvalue weighted by Crippen LogP contribution is -2.11.